The van der Waals surface area contributed by atoms with E-state index in [1.165, 1.54) is 12.3 Å². The van der Waals surface area contributed by atoms with E-state index in [-0.39, 0.29) is 17.3 Å². The zero-order valence-electron chi connectivity index (χ0n) is 9.70. The Morgan fingerprint density at radius 3 is 2.62 bits per heavy atom. The van der Waals surface area contributed by atoms with Crippen molar-refractivity contribution in [2.24, 2.45) is 10.4 Å². The van der Waals surface area contributed by atoms with Gasteiger partial charge < -0.3 is 4.74 Å². The standard InChI is InChI=1S/C12H15FN2O/c1-12(2,3)10-7-16-11(15-10)9-5-4-8(13)6-14-9/h4-6,10H,7H2,1-3H3/t10-/m1/s1. The molecule has 0 bridgehead atoms. The lowest BCUT2D eigenvalue weighted by molar-refractivity contribution is 0.235. The maximum Gasteiger partial charge on any atom is 0.235 e. The van der Waals surface area contributed by atoms with Crippen molar-refractivity contribution in [1.29, 1.82) is 0 Å². The Hall–Kier alpha value is -1.45. The van der Waals surface area contributed by atoms with E-state index in [0.29, 0.717) is 18.2 Å². The Morgan fingerprint density at radius 2 is 2.12 bits per heavy atom. The van der Waals surface area contributed by atoms with Crippen LogP contribution in [0.15, 0.2) is 23.3 Å². The van der Waals surface area contributed by atoms with E-state index in [4.69, 9.17) is 4.74 Å². The summed E-state index contributed by atoms with van der Waals surface area (Å²) in [6.07, 6.45) is 1.17. The van der Waals surface area contributed by atoms with Gasteiger partial charge in [-0.25, -0.2) is 14.4 Å². The molecule has 0 aromatic carbocycles. The Bertz CT molecular complexity index is 406. The van der Waals surface area contributed by atoms with Crippen LogP contribution in [0.5, 0.6) is 0 Å². The molecule has 1 atom stereocenters. The maximum atomic E-state index is 12.7. The number of nitrogens with zero attached hydrogens (tertiary/aromatic N) is 2. The van der Waals surface area contributed by atoms with E-state index < -0.39 is 0 Å². The fourth-order valence-corrected chi connectivity index (χ4v) is 1.46. The molecular weight excluding hydrogens is 207 g/mol. The molecule has 1 aromatic heterocycles. The number of rotatable bonds is 1. The molecule has 1 aliphatic heterocycles. The van der Waals surface area contributed by atoms with Gasteiger partial charge in [0.1, 0.15) is 18.1 Å². The van der Waals surface area contributed by atoms with Crippen LogP contribution in [0.3, 0.4) is 0 Å². The molecule has 1 aromatic rings. The number of pyridine rings is 1. The highest BCUT2D eigenvalue weighted by Crippen LogP contribution is 2.26. The van der Waals surface area contributed by atoms with Crippen molar-refractivity contribution in [2.75, 3.05) is 6.61 Å². The summed E-state index contributed by atoms with van der Waals surface area (Å²) in [6, 6.07) is 3.08. The average Bonchev–Trinajstić information content (AvgIpc) is 2.67. The van der Waals surface area contributed by atoms with Gasteiger partial charge in [0.2, 0.25) is 5.90 Å². The molecule has 2 rings (SSSR count). The van der Waals surface area contributed by atoms with Crippen molar-refractivity contribution >= 4 is 5.90 Å². The molecule has 3 nitrogen and oxygen atoms in total. The maximum absolute atomic E-state index is 12.7. The summed E-state index contributed by atoms with van der Waals surface area (Å²) in [5.41, 5.74) is 0.662. The molecule has 0 N–H and O–H groups in total. The van der Waals surface area contributed by atoms with Crippen molar-refractivity contribution in [3.8, 4) is 0 Å². The van der Waals surface area contributed by atoms with E-state index in [1.807, 2.05) is 0 Å². The topological polar surface area (TPSA) is 34.5 Å². The average molecular weight is 222 g/mol. The number of hydrogen-bond donors (Lipinski definition) is 0. The Morgan fingerprint density at radius 1 is 1.38 bits per heavy atom. The molecular formula is C12H15FN2O. The second kappa shape index (κ2) is 3.85. The SMILES string of the molecule is CC(C)(C)[C@H]1COC(c2ccc(F)cn2)=N1. The van der Waals surface area contributed by atoms with Gasteiger partial charge in [0.25, 0.3) is 0 Å². The Kier molecular flexibility index (Phi) is 2.66. The summed E-state index contributed by atoms with van der Waals surface area (Å²) in [7, 11) is 0. The van der Waals surface area contributed by atoms with Crippen LogP contribution in [-0.4, -0.2) is 23.5 Å². The summed E-state index contributed by atoms with van der Waals surface area (Å²) in [5.74, 6) is 0.162. The van der Waals surface area contributed by atoms with Gasteiger partial charge in [-0.15, -0.1) is 0 Å². The van der Waals surface area contributed by atoms with E-state index in [9.17, 15) is 4.39 Å². The van der Waals surface area contributed by atoms with Gasteiger partial charge in [0, 0.05) is 0 Å². The van der Waals surface area contributed by atoms with Crippen LogP contribution in [0.2, 0.25) is 0 Å². The number of halogens is 1. The Balaban J connectivity index is 2.21. The third kappa shape index (κ3) is 2.21. The third-order valence-electron chi connectivity index (χ3n) is 2.60. The summed E-state index contributed by atoms with van der Waals surface area (Å²) in [5, 5.41) is 0. The second-order valence-corrected chi connectivity index (χ2v) is 4.99. The monoisotopic (exact) mass is 222 g/mol. The van der Waals surface area contributed by atoms with Crippen LogP contribution in [0.25, 0.3) is 0 Å². The van der Waals surface area contributed by atoms with Crippen LogP contribution in [0.4, 0.5) is 4.39 Å². The van der Waals surface area contributed by atoms with Crippen molar-refractivity contribution in [3.05, 3.63) is 29.8 Å². The molecule has 0 aliphatic carbocycles. The van der Waals surface area contributed by atoms with Gasteiger partial charge in [-0.3, -0.25) is 0 Å². The highest BCUT2D eigenvalue weighted by molar-refractivity contribution is 5.93. The predicted octanol–water partition coefficient (Wildman–Crippen LogP) is 2.41. The first-order chi connectivity index (χ1) is 7.47. The third-order valence-corrected chi connectivity index (χ3v) is 2.60. The fraction of sp³-hybridized carbons (Fsp3) is 0.500. The van der Waals surface area contributed by atoms with Gasteiger partial charge in [-0.1, -0.05) is 20.8 Å². The van der Waals surface area contributed by atoms with Crippen LogP contribution in [0, 0.1) is 11.2 Å². The van der Waals surface area contributed by atoms with E-state index in [0.717, 1.165) is 0 Å². The zero-order valence-corrected chi connectivity index (χ0v) is 9.70. The molecule has 0 saturated carbocycles. The van der Waals surface area contributed by atoms with Gasteiger partial charge in [0.05, 0.1) is 12.2 Å². The van der Waals surface area contributed by atoms with Crippen LogP contribution in [-0.2, 0) is 4.74 Å². The normalized spacial score (nSPS) is 20.5. The molecule has 0 radical (unpaired) electrons. The van der Waals surface area contributed by atoms with Crippen molar-refractivity contribution in [1.82, 2.24) is 4.98 Å². The molecule has 16 heavy (non-hydrogen) atoms. The number of aliphatic imine (C=N–C) groups is 1. The van der Waals surface area contributed by atoms with Gasteiger partial charge in [0.15, 0.2) is 0 Å². The summed E-state index contributed by atoms with van der Waals surface area (Å²) >= 11 is 0. The van der Waals surface area contributed by atoms with Crippen molar-refractivity contribution in [3.63, 3.8) is 0 Å². The summed E-state index contributed by atoms with van der Waals surface area (Å²) in [4.78, 5) is 8.41. The summed E-state index contributed by atoms with van der Waals surface area (Å²) < 4.78 is 18.2. The number of ether oxygens (including phenoxy) is 1. The summed E-state index contributed by atoms with van der Waals surface area (Å²) in [6.45, 7) is 6.92. The van der Waals surface area contributed by atoms with Gasteiger partial charge in [-0.2, -0.15) is 0 Å². The first-order valence-corrected chi connectivity index (χ1v) is 5.29. The van der Waals surface area contributed by atoms with Crippen molar-refractivity contribution < 1.29 is 9.13 Å². The molecule has 0 saturated heterocycles. The zero-order chi connectivity index (χ0) is 11.8. The fourth-order valence-electron chi connectivity index (χ4n) is 1.46. The van der Waals surface area contributed by atoms with E-state index in [1.54, 1.807) is 6.07 Å². The van der Waals surface area contributed by atoms with Crippen LogP contribution >= 0.6 is 0 Å². The number of hydrogen-bond acceptors (Lipinski definition) is 3. The molecule has 86 valence electrons. The van der Waals surface area contributed by atoms with Crippen LogP contribution in [0.1, 0.15) is 26.5 Å². The van der Waals surface area contributed by atoms with E-state index in [2.05, 4.69) is 30.7 Å². The smallest absolute Gasteiger partial charge is 0.235 e. The molecule has 1 aliphatic rings. The molecule has 2 heterocycles. The second-order valence-electron chi connectivity index (χ2n) is 4.99. The van der Waals surface area contributed by atoms with Crippen LogP contribution < -0.4 is 0 Å². The molecule has 4 heteroatoms. The first kappa shape index (κ1) is 11.0. The minimum Gasteiger partial charge on any atom is -0.474 e. The lowest BCUT2D eigenvalue weighted by Gasteiger charge is -2.21. The minimum atomic E-state index is -0.352. The minimum absolute atomic E-state index is 0.0712. The molecule has 0 amide bonds. The highest BCUT2D eigenvalue weighted by Gasteiger charge is 2.30. The van der Waals surface area contributed by atoms with E-state index >= 15 is 0 Å². The molecule has 0 spiro atoms. The quantitative estimate of drug-likeness (QED) is 0.731. The van der Waals surface area contributed by atoms with Crippen molar-refractivity contribution in [2.45, 2.75) is 26.8 Å². The lowest BCUT2D eigenvalue weighted by Crippen LogP contribution is -2.25. The predicted molar refractivity (Wildman–Crippen MR) is 59.9 cm³/mol. The number of aromatic nitrogens is 1. The molecule has 0 fully saturated rings. The first-order valence-electron chi connectivity index (χ1n) is 5.29. The Labute approximate surface area is 94.4 Å². The lowest BCUT2D eigenvalue weighted by atomic mass is 9.88. The molecule has 0 unspecified atom stereocenters. The largest absolute Gasteiger partial charge is 0.474 e. The highest BCUT2D eigenvalue weighted by atomic mass is 19.1. The van der Waals surface area contributed by atoms with Gasteiger partial charge in [-0.05, 0) is 17.5 Å². The van der Waals surface area contributed by atoms with Gasteiger partial charge >= 0.3 is 0 Å².